The molecule has 5 heteroatoms. The van der Waals surface area contributed by atoms with Crippen LogP contribution in [0.5, 0.6) is 0 Å². The molecule has 3 nitrogen and oxygen atoms in total. The van der Waals surface area contributed by atoms with Crippen molar-refractivity contribution in [2.75, 3.05) is 13.1 Å². The molecule has 25 heavy (non-hydrogen) atoms. The van der Waals surface area contributed by atoms with Crippen molar-refractivity contribution in [2.45, 2.75) is 31.7 Å². The summed E-state index contributed by atoms with van der Waals surface area (Å²) >= 11 is 7.82. The Morgan fingerprint density at radius 2 is 2.08 bits per heavy atom. The molecule has 3 rings (SSSR count). The number of thioether (sulfide) groups is 1. The van der Waals surface area contributed by atoms with Crippen LogP contribution >= 0.6 is 23.4 Å². The minimum atomic E-state index is 0.460. The molecule has 2 heterocycles. The summed E-state index contributed by atoms with van der Waals surface area (Å²) in [6.07, 6.45) is 2.97. The molecule has 0 saturated heterocycles. The van der Waals surface area contributed by atoms with Crippen LogP contribution in [0.1, 0.15) is 31.5 Å². The number of halogens is 1. The number of hydrogen-bond acceptors (Lipinski definition) is 4. The van der Waals surface area contributed by atoms with E-state index in [0.717, 1.165) is 36.8 Å². The second kappa shape index (κ2) is 8.75. The molecule has 1 aliphatic rings. The zero-order chi connectivity index (χ0) is 17.6. The van der Waals surface area contributed by atoms with Crippen molar-refractivity contribution >= 4 is 28.3 Å². The number of fused-ring (bicyclic) bond motifs is 1. The Kier molecular flexibility index (Phi) is 6.40. The van der Waals surface area contributed by atoms with Crippen molar-refractivity contribution in [1.29, 1.82) is 0 Å². The van der Waals surface area contributed by atoms with Gasteiger partial charge in [-0.05, 0) is 55.8 Å². The van der Waals surface area contributed by atoms with Crippen molar-refractivity contribution in [3.8, 4) is 0 Å². The Balaban J connectivity index is 1.92. The average molecular weight is 374 g/mol. The van der Waals surface area contributed by atoms with Crippen LogP contribution in [0.25, 0.3) is 4.91 Å². The predicted octanol–water partition coefficient (Wildman–Crippen LogP) is 4.93. The van der Waals surface area contributed by atoms with Crippen LogP contribution in [-0.4, -0.2) is 18.1 Å². The largest absolute Gasteiger partial charge is 0.382 e. The van der Waals surface area contributed by atoms with Crippen molar-refractivity contribution < 1.29 is 0 Å². The summed E-state index contributed by atoms with van der Waals surface area (Å²) in [4.78, 5) is 7.02. The van der Waals surface area contributed by atoms with Gasteiger partial charge in [-0.2, -0.15) is 0 Å². The maximum absolute atomic E-state index is 6.03. The number of rotatable bonds is 7. The molecule has 0 radical (unpaired) electrons. The lowest BCUT2D eigenvalue weighted by Crippen LogP contribution is -2.27. The topological polar surface area (TPSA) is 37.0 Å². The SMILES string of the molecule is CCNCCC(C)C1=C(Sc2ccc(Cl)cc2)c2cccnc2CN1. The lowest BCUT2D eigenvalue weighted by Gasteiger charge is -2.28. The maximum atomic E-state index is 6.03. The van der Waals surface area contributed by atoms with Gasteiger partial charge in [0.05, 0.1) is 12.2 Å². The minimum Gasteiger partial charge on any atom is -0.382 e. The van der Waals surface area contributed by atoms with Gasteiger partial charge in [-0.1, -0.05) is 43.3 Å². The van der Waals surface area contributed by atoms with Crippen LogP contribution in [-0.2, 0) is 6.54 Å². The van der Waals surface area contributed by atoms with Gasteiger partial charge in [0, 0.05) is 32.3 Å². The van der Waals surface area contributed by atoms with E-state index in [-0.39, 0.29) is 0 Å². The van der Waals surface area contributed by atoms with E-state index in [9.17, 15) is 0 Å². The molecule has 1 atom stereocenters. The molecule has 1 unspecified atom stereocenters. The first-order valence-electron chi connectivity index (χ1n) is 8.75. The number of benzene rings is 1. The van der Waals surface area contributed by atoms with Gasteiger partial charge in [-0.15, -0.1) is 0 Å². The Bertz CT molecular complexity index is 743. The first-order valence-corrected chi connectivity index (χ1v) is 9.95. The second-order valence-corrected chi connectivity index (χ2v) is 7.71. The van der Waals surface area contributed by atoms with Gasteiger partial charge in [-0.25, -0.2) is 0 Å². The van der Waals surface area contributed by atoms with Gasteiger partial charge >= 0.3 is 0 Å². The van der Waals surface area contributed by atoms with Gasteiger partial charge in [0.1, 0.15) is 0 Å². The first-order chi connectivity index (χ1) is 12.2. The highest BCUT2D eigenvalue weighted by molar-refractivity contribution is 8.08. The fraction of sp³-hybridized carbons (Fsp3) is 0.350. The molecule has 0 amide bonds. The van der Waals surface area contributed by atoms with Crippen LogP contribution in [0, 0.1) is 5.92 Å². The Morgan fingerprint density at radius 3 is 2.84 bits per heavy atom. The van der Waals surface area contributed by atoms with Crippen LogP contribution in [0.3, 0.4) is 0 Å². The Morgan fingerprint density at radius 1 is 1.28 bits per heavy atom. The zero-order valence-electron chi connectivity index (χ0n) is 14.7. The van der Waals surface area contributed by atoms with Gasteiger partial charge in [-0.3, -0.25) is 4.98 Å². The van der Waals surface area contributed by atoms with E-state index in [2.05, 4.69) is 47.7 Å². The summed E-state index contributed by atoms with van der Waals surface area (Å²) in [5.41, 5.74) is 3.67. The standard InChI is InChI=1S/C20H24ClN3S/c1-3-22-12-10-14(2)19-20(25-16-8-6-15(21)7-9-16)17-5-4-11-23-18(17)13-24-19/h4-9,11,14,22,24H,3,10,12-13H2,1-2H3. The minimum absolute atomic E-state index is 0.460. The highest BCUT2D eigenvalue weighted by Gasteiger charge is 2.23. The number of nitrogens with zero attached hydrogens (tertiary/aromatic N) is 1. The van der Waals surface area contributed by atoms with Gasteiger partial charge < -0.3 is 10.6 Å². The highest BCUT2D eigenvalue weighted by Crippen LogP contribution is 2.41. The van der Waals surface area contributed by atoms with E-state index >= 15 is 0 Å². The Hall–Kier alpha value is -1.49. The van der Waals surface area contributed by atoms with E-state index in [4.69, 9.17) is 11.6 Å². The number of aromatic nitrogens is 1. The normalized spacial score (nSPS) is 14.8. The van der Waals surface area contributed by atoms with E-state index in [0.29, 0.717) is 5.92 Å². The molecule has 1 aliphatic heterocycles. The third kappa shape index (κ3) is 4.57. The van der Waals surface area contributed by atoms with Crippen molar-refractivity contribution in [1.82, 2.24) is 15.6 Å². The van der Waals surface area contributed by atoms with Crippen LogP contribution in [0.4, 0.5) is 0 Å². The van der Waals surface area contributed by atoms with E-state index in [1.54, 1.807) is 11.8 Å². The lowest BCUT2D eigenvalue weighted by molar-refractivity contribution is 0.529. The van der Waals surface area contributed by atoms with Crippen LogP contribution in [0.2, 0.25) is 5.02 Å². The second-order valence-electron chi connectivity index (χ2n) is 6.19. The predicted molar refractivity (Wildman–Crippen MR) is 108 cm³/mol. The fourth-order valence-corrected chi connectivity index (χ4v) is 4.27. The average Bonchev–Trinajstić information content (AvgIpc) is 2.64. The van der Waals surface area contributed by atoms with E-state index in [1.165, 1.54) is 21.1 Å². The molecular formula is C20H24ClN3S. The molecule has 2 N–H and O–H groups in total. The molecule has 0 saturated carbocycles. The third-order valence-electron chi connectivity index (χ3n) is 4.36. The van der Waals surface area contributed by atoms with Crippen LogP contribution < -0.4 is 10.6 Å². The number of hydrogen-bond donors (Lipinski definition) is 2. The highest BCUT2D eigenvalue weighted by atomic mass is 35.5. The number of nitrogens with one attached hydrogen (secondary N) is 2. The third-order valence-corrected chi connectivity index (χ3v) is 5.76. The molecule has 132 valence electrons. The smallest absolute Gasteiger partial charge is 0.0678 e. The molecule has 0 aliphatic carbocycles. The van der Waals surface area contributed by atoms with Gasteiger partial charge in [0.2, 0.25) is 0 Å². The molecule has 0 spiro atoms. The van der Waals surface area contributed by atoms with Gasteiger partial charge in [0.25, 0.3) is 0 Å². The van der Waals surface area contributed by atoms with E-state index in [1.807, 2.05) is 24.4 Å². The summed E-state index contributed by atoms with van der Waals surface area (Å²) in [5, 5.41) is 7.82. The summed E-state index contributed by atoms with van der Waals surface area (Å²) in [5.74, 6) is 0.460. The maximum Gasteiger partial charge on any atom is 0.0678 e. The van der Waals surface area contributed by atoms with E-state index < -0.39 is 0 Å². The number of pyridine rings is 1. The zero-order valence-corrected chi connectivity index (χ0v) is 16.3. The Labute approximate surface area is 159 Å². The summed E-state index contributed by atoms with van der Waals surface area (Å²) in [6.45, 7) is 7.28. The van der Waals surface area contributed by atoms with Gasteiger partial charge in [0.15, 0.2) is 0 Å². The monoisotopic (exact) mass is 373 g/mol. The first kappa shape index (κ1) is 18.3. The molecule has 1 aromatic carbocycles. The van der Waals surface area contributed by atoms with Crippen molar-refractivity contribution in [3.63, 3.8) is 0 Å². The molecule has 0 fully saturated rings. The fourth-order valence-electron chi connectivity index (χ4n) is 2.96. The van der Waals surface area contributed by atoms with Crippen LogP contribution in [0.15, 0.2) is 53.2 Å². The molecule has 1 aromatic heterocycles. The van der Waals surface area contributed by atoms with Crippen molar-refractivity contribution in [3.05, 3.63) is 64.6 Å². The lowest BCUT2D eigenvalue weighted by atomic mass is 9.97. The molecule has 0 bridgehead atoms. The molecular weight excluding hydrogens is 350 g/mol. The summed E-state index contributed by atoms with van der Waals surface area (Å²) < 4.78 is 0. The molecule has 2 aromatic rings. The summed E-state index contributed by atoms with van der Waals surface area (Å²) in [6, 6.07) is 12.2. The summed E-state index contributed by atoms with van der Waals surface area (Å²) in [7, 11) is 0. The number of allylic oxidation sites excluding steroid dienone is 1. The quantitative estimate of drug-likeness (QED) is 0.674. The van der Waals surface area contributed by atoms with Crippen molar-refractivity contribution in [2.24, 2.45) is 5.92 Å².